The molecule has 1 fully saturated rings. The first-order valence-corrected chi connectivity index (χ1v) is 4.06. The van der Waals surface area contributed by atoms with E-state index < -0.39 is 0 Å². The second kappa shape index (κ2) is 3.07. The maximum absolute atomic E-state index is 10.4. The summed E-state index contributed by atoms with van der Waals surface area (Å²) in [5, 5.41) is 3.04. The van der Waals surface area contributed by atoms with Crippen molar-refractivity contribution >= 4 is 6.29 Å². The van der Waals surface area contributed by atoms with E-state index in [1.165, 1.54) is 6.42 Å². The minimum absolute atomic E-state index is 0.108. The summed E-state index contributed by atoms with van der Waals surface area (Å²) in [6.07, 6.45) is 5.10. The molecule has 0 amide bonds. The van der Waals surface area contributed by atoms with E-state index in [1.54, 1.807) is 0 Å². The summed E-state index contributed by atoms with van der Waals surface area (Å²) in [4.78, 5) is 10.4. The maximum Gasteiger partial charge on any atom is 0.120 e. The monoisotopic (exact) mass is 153 g/mol. The molecule has 0 aromatic heterocycles. The van der Waals surface area contributed by atoms with Gasteiger partial charge in [0, 0.05) is 24.6 Å². The molecule has 0 aromatic rings. The molecule has 11 heavy (non-hydrogen) atoms. The second-order valence-electron chi connectivity index (χ2n) is 3.23. The van der Waals surface area contributed by atoms with E-state index in [9.17, 15) is 4.79 Å². The third-order valence-electron chi connectivity index (χ3n) is 2.73. The van der Waals surface area contributed by atoms with Gasteiger partial charge < -0.3 is 10.1 Å². The van der Waals surface area contributed by atoms with Crippen LogP contribution in [0.5, 0.6) is 0 Å². The van der Waals surface area contributed by atoms with Gasteiger partial charge in [0.1, 0.15) is 6.29 Å². The Morgan fingerprint density at radius 1 is 1.73 bits per heavy atom. The van der Waals surface area contributed by atoms with E-state index in [1.807, 2.05) is 7.05 Å². The zero-order valence-corrected chi connectivity index (χ0v) is 7.02. The number of hydrogen-bond donors (Lipinski definition) is 1. The van der Waals surface area contributed by atoms with Gasteiger partial charge in [-0.15, -0.1) is 0 Å². The van der Waals surface area contributed by atoms with Crippen molar-refractivity contribution in [2.75, 3.05) is 7.05 Å². The average Bonchev–Trinajstić information content (AvgIpc) is 1.95. The molecule has 2 nitrogen and oxygen atoms in total. The Morgan fingerprint density at radius 3 is 2.64 bits per heavy atom. The molecule has 0 saturated heterocycles. The molecule has 0 radical (unpaired) electrons. The summed E-state index contributed by atoms with van der Waals surface area (Å²) in [6.45, 7) is 3.92. The van der Waals surface area contributed by atoms with Gasteiger partial charge >= 0.3 is 0 Å². The molecular weight excluding hydrogens is 138 g/mol. The number of hydrogen-bond acceptors (Lipinski definition) is 2. The van der Waals surface area contributed by atoms with Crippen molar-refractivity contribution in [3.8, 4) is 0 Å². The van der Waals surface area contributed by atoms with Crippen molar-refractivity contribution in [2.24, 2.45) is 5.41 Å². The summed E-state index contributed by atoms with van der Waals surface area (Å²) in [6, 6.07) is 0. The molecule has 1 rings (SSSR count). The number of aldehydes is 1. The standard InChI is InChI=1S/C9H15NO/c1-8(10-2)9(6-7-11)4-3-5-9/h7,10H,1,3-6H2,2H3. The molecule has 0 atom stereocenters. The van der Waals surface area contributed by atoms with Gasteiger partial charge in [0.15, 0.2) is 0 Å². The lowest BCUT2D eigenvalue weighted by molar-refractivity contribution is -0.110. The first-order chi connectivity index (χ1) is 5.25. The summed E-state index contributed by atoms with van der Waals surface area (Å²) in [5.74, 6) is 0. The van der Waals surface area contributed by atoms with E-state index in [0.29, 0.717) is 6.42 Å². The molecule has 0 spiro atoms. The van der Waals surface area contributed by atoms with E-state index >= 15 is 0 Å². The Bertz CT molecular complexity index is 170. The molecule has 0 heterocycles. The predicted molar refractivity (Wildman–Crippen MR) is 45.2 cm³/mol. The van der Waals surface area contributed by atoms with Crippen molar-refractivity contribution in [3.63, 3.8) is 0 Å². The Hall–Kier alpha value is -0.790. The number of carbonyl (C=O) groups excluding carboxylic acids is 1. The van der Waals surface area contributed by atoms with Gasteiger partial charge in [-0.2, -0.15) is 0 Å². The fourth-order valence-corrected chi connectivity index (χ4v) is 1.66. The summed E-state index contributed by atoms with van der Waals surface area (Å²) in [5.41, 5.74) is 1.13. The highest BCUT2D eigenvalue weighted by Crippen LogP contribution is 2.47. The highest BCUT2D eigenvalue weighted by atomic mass is 16.1. The number of allylic oxidation sites excluding steroid dienone is 1. The van der Waals surface area contributed by atoms with Crippen molar-refractivity contribution in [1.82, 2.24) is 5.32 Å². The van der Waals surface area contributed by atoms with Gasteiger partial charge in [0.05, 0.1) is 0 Å². The lowest BCUT2D eigenvalue weighted by atomic mass is 9.65. The van der Waals surface area contributed by atoms with Crippen LogP contribution in [0.3, 0.4) is 0 Å². The normalized spacial score (nSPS) is 20.1. The quantitative estimate of drug-likeness (QED) is 0.620. The van der Waals surface area contributed by atoms with Gasteiger partial charge in [-0.1, -0.05) is 13.0 Å². The van der Waals surface area contributed by atoms with Crippen LogP contribution >= 0.6 is 0 Å². The molecule has 2 heteroatoms. The molecular formula is C9H15NO. The van der Waals surface area contributed by atoms with E-state index in [0.717, 1.165) is 24.8 Å². The summed E-state index contributed by atoms with van der Waals surface area (Å²) >= 11 is 0. The second-order valence-corrected chi connectivity index (χ2v) is 3.23. The van der Waals surface area contributed by atoms with Crippen LogP contribution < -0.4 is 5.32 Å². The minimum Gasteiger partial charge on any atom is -0.391 e. The molecule has 0 aromatic carbocycles. The molecule has 62 valence electrons. The van der Waals surface area contributed by atoms with E-state index in [2.05, 4.69) is 11.9 Å². The topological polar surface area (TPSA) is 29.1 Å². The minimum atomic E-state index is 0.108. The van der Waals surface area contributed by atoms with Crippen molar-refractivity contribution < 1.29 is 4.79 Å². The number of nitrogens with one attached hydrogen (secondary N) is 1. The van der Waals surface area contributed by atoms with Crippen LogP contribution in [-0.2, 0) is 4.79 Å². The Morgan fingerprint density at radius 2 is 2.36 bits per heavy atom. The van der Waals surface area contributed by atoms with Crippen LogP contribution in [-0.4, -0.2) is 13.3 Å². The first-order valence-electron chi connectivity index (χ1n) is 4.06. The Kier molecular flexibility index (Phi) is 2.32. The Balaban J connectivity index is 2.59. The molecule has 1 saturated carbocycles. The van der Waals surface area contributed by atoms with Crippen LogP contribution in [0.4, 0.5) is 0 Å². The van der Waals surface area contributed by atoms with Crippen LogP contribution in [0.2, 0.25) is 0 Å². The smallest absolute Gasteiger partial charge is 0.120 e. The average molecular weight is 153 g/mol. The highest BCUT2D eigenvalue weighted by Gasteiger charge is 2.38. The zero-order valence-electron chi connectivity index (χ0n) is 7.02. The van der Waals surface area contributed by atoms with Gasteiger partial charge in [-0.05, 0) is 12.8 Å². The maximum atomic E-state index is 10.4. The first kappa shape index (κ1) is 8.31. The number of rotatable bonds is 4. The molecule has 1 aliphatic carbocycles. The van der Waals surface area contributed by atoms with E-state index in [4.69, 9.17) is 0 Å². The SMILES string of the molecule is C=C(NC)C1(CC=O)CCC1. The van der Waals surface area contributed by atoms with E-state index in [-0.39, 0.29) is 5.41 Å². The van der Waals surface area contributed by atoms with Gasteiger partial charge in [-0.25, -0.2) is 0 Å². The predicted octanol–water partition coefficient (Wildman–Crippen LogP) is 1.48. The lowest BCUT2D eigenvalue weighted by Gasteiger charge is -2.42. The lowest BCUT2D eigenvalue weighted by Crippen LogP contribution is -2.36. The summed E-state index contributed by atoms with van der Waals surface area (Å²) < 4.78 is 0. The highest BCUT2D eigenvalue weighted by molar-refractivity contribution is 5.52. The molecule has 0 aliphatic heterocycles. The third kappa shape index (κ3) is 1.30. The van der Waals surface area contributed by atoms with Gasteiger partial charge in [0.2, 0.25) is 0 Å². The molecule has 1 aliphatic rings. The Labute approximate surface area is 67.7 Å². The molecule has 1 N–H and O–H groups in total. The number of carbonyl (C=O) groups is 1. The van der Waals surface area contributed by atoms with Crippen LogP contribution in [0.25, 0.3) is 0 Å². The molecule has 0 bridgehead atoms. The van der Waals surface area contributed by atoms with Gasteiger partial charge in [-0.3, -0.25) is 0 Å². The van der Waals surface area contributed by atoms with Crippen molar-refractivity contribution in [1.29, 1.82) is 0 Å². The fraction of sp³-hybridized carbons (Fsp3) is 0.667. The zero-order chi connectivity index (χ0) is 8.32. The van der Waals surface area contributed by atoms with Crippen LogP contribution in [0.15, 0.2) is 12.3 Å². The largest absolute Gasteiger partial charge is 0.391 e. The van der Waals surface area contributed by atoms with Crippen molar-refractivity contribution in [3.05, 3.63) is 12.3 Å². The van der Waals surface area contributed by atoms with Crippen LogP contribution in [0.1, 0.15) is 25.7 Å². The third-order valence-corrected chi connectivity index (χ3v) is 2.73. The fourth-order valence-electron chi connectivity index (χ4n) is 1.66. The van der Waals surface area contributed by atoms with Crippen molar-refractivity contribution in [2.45, 2.75) is 25.7 Å². The van der Waals surface area contributed by atoms with Gasteiger partial charge in [0.25, 0.3) is 0 Å². The summed E-state index contributed by atoms with van der Waals surface area (Å²) in [7, 11) is 1.87. The molecule has 0 unspecified atom stereocenters. The van der Waals surface area contributed by atoms with Crippen LogP contribution in [0, 0.1) is 5.41 Å².